The maximum absolute atomic E-state index is 12.1. The fourth-order valence-electron chi connectivity index (χ4n) is 1.87. The Labute approximate surface area is 113 Å². The smallest absolute Gasteiger partial charge is 0.241 e. The van der Waals surface area contributed by atoms with Crippen molar-refractivity contribution in [3.05, 3.63) is 42.0 Å². The molecule has 1 aliphatic rings. The monoisotopic (exact) mass is 279 g/mol. The van der Waals surface area contributed by atoms with Gasteiger partial charge in [-0.25, -0.2) is 13.1 Å². The van der Waals surface area contributed by atoms with E-state index in [1.54, 1.807) is 19.1 Å². The number of rotatable bonds is 6. The van der Waals surface area contributed by atoms with Crippen LogP contribution in [0, 0.1) is 12.8 Å². The van der Waals surface area contributed by atoms with Crippen molar-refractivity contribution in [1.82, 2.24) is 4.72 Å². The molecule has 1 aliphatic carbocycles. The molecule has 19 heavy (non-hydrogen) atoms. The Bertz CT molecular complexity index is 616. The first-order valence-corrected chi connectivity index (χ1v) is 7.69. The maximum Gasteiger partial charge on any atom is 0.241 e. The molecule has 0 radical (unpaired) electrons. The largest absolute Gasteiger partial charge is 0.294 e. The van der Waals surface area contributed by atoms with Crippen LogP contribution in [0.15, 0.2) is 35.7 Å². The molecule has 0 heterocycles. The van der Waals surface area contributed by atoms with Crippen LogP contribution in [0.5, 0.6) is 0 Å². The van der Waals surface area contributed by atoms with Crippen molar-refractivity contribution >= 4 is 15.8 Å². The molecule has 2 rings (SSSR count). The fourth-order valence-corrected chi connectivity index (χ4v) is 3.14. The van der Waals surface area contributed by atoms with Crippen LogP contribution in [0.3, 0.4) is 0 Å². The number of hydrogen-bond donors (Lipinski definition) is 1. The quantitative estimate of drug-likeness (QED) is 0.640. The lowest BCUT2D eigenvalue weighted by atomic mass is 10.1. The molecular formula is C14H17NO3S. The number of nitrogens with one attached hydrogen (secondary N) is 1. The second-order valence-electron chi connectivity index (χ2n) is 4.76. The minimum absolute atomic E-state index is 0.0418. The van der Waals surface area contributed by atoms with Crippen LogP contribution in [0.25, 0.3) is 0 Å². The Kier molecular flexibility index (Phi) is 3.87. The highest BCUT2D eigenvalue weighted by molar-refractivity contribution is 7.89. The third-order valence-corrected chi connectivity index (χ3v) is 4.69. The summed E-state index contributed by atoms with van der Waals surface area (Å²) in [6.07, 6.45) is 3.29. The molecule has 1 aromatic rings. The van der Waals surface area contributed by atoms with E-state index in [1.807, 2.05) is 0 Å². The first kappa shape index (κ1) is 14.0. The van der Waals surface area contributed by atoms with Gasteiger partial charge in [-0.1, -0.05) is 18.2 Å². The average Bonchev–Trinajstić information content (AvgIpc) is 3.20. The molecule has 0 aromatic heterocycles. The van der Waals surface area contributed by atoms with Gasteiger partial charge >= 0.3 is 0 Å². The van der Waals surface area contributed by atoms with E-state index in [0.717, 1.165) is 12.8 Å². The number of ketones is 1. The Hall–Kier alpha value is -1.46. The van der Waals surface area contributed by atoms with Gasteiger partial charge in [-0.3, -0.25) is 4.79 Å². The molecule has 0 aliphatic heterocycles. The number of sulfonamides is 1. The lowest BCUT2D eigenvalue weighted by Crippen LogP contribution is -2.24. The highest BCUT2D eigenvalue weighted by atomic mass is 32.2. The van der Waals surface area contributed by atoms with Gasteiger partial charge in [0.15, 0.2) is 5.78 Å². The third-order valence-electron chi connectivity index (χ3n) is 3.13. The first-order chi connectivity index (χ1) is 8.95. The second kappa shape index (κ2) is 5.27. The van der Waals surface area contributed by atoms with Gasteiger partial charge in [0.25, 0.3) is 0 Å². The molecule has 0 atom stereocenters. The highest BCUT2D eigenvalue weighted by Crippen LogP contribution is 2.33. The van der Waals surface area contributed by atoms with Crippen LogP contribution in [-0.2, 0) is 10.0 Å². The number of benzene rings is 1. The summed E-state index contributed by atoms with van der Waals surface area (Å²) in [6, 6.07) is 4.85. The molecule has 0 unspecified atom stereocenters. The van der Waals surface area contributed by atoms with Crippen molar-refractivity contribution in [3.63, 3.8) is 0 Å². The summed E-state index contributed by atoms with van der Waals surface area (Å²) in [5.74, 6) is 0.125. The van der Waals surface area contributed by atoms with E-state index < -0.39 is 10.0 Å². The minimum Gasteiger partial charge on any atom is -0.294 e. The maximum atomic E-state index is 12.1. The average molecular weight is 279 g/mol. The summed E-state index contributed by atoms with van der Waals surface area (Å²) in [4.78, 5) is 12.1. The number of aryl methyl sites for hydroxylation is 1. The van der Waals surface area contributed by atoms with Gasteiger partial charge in [0, 0.05) is 18.0 Å². The van der Waals surface area contributed by atoms with Gasteiger partial charge in [-0.15, -0.1) is 6.58 Å². The Balaban J connectivity index is 2.36. The molecule has 0 bridgehead atoms. The first-order valence-electron chi connectivity index (χ1n) is 6.21. The molecule has 1 fully saturated rings. The van der Waals surface area contributed by atoms with Gasteiger partial charge in [0.2, 0.25) is 10.0 Å². The summed E-state index contributed by atoms with van der Waals surface area (Å²) in [5.41, 5.74) is 1.11. The summed E-state index contributed by atoms with van der Waals surface area (Å²) in [7, 11) is -3.59. The summed E-state index contributed by atoms with van der Waals surface area (Å²) < 4.78 is 26.6. The molecule has 0 amide bonds. The molecule has 1 saturated carbocycles. The normalized spacial score (nSPS) is 15.2. The van der Waals surface area contributed by atoms with E-state index in [2.05, 4.69) is 11.3 Å². The molecule has 0 spiro atoms. The number of Topliss-reactive ketones (excluding diaryl/α,β-unsaturated/α-hetero) is 1. The zero-order chi connectivity index (χ0) is 14.0. The highest BCUT2D eigenvalue weighted by Gasteiger charge is 2.31. The number of carbonyl (C=O) groups excluding carboxylic acids is 1. The van der Waals surface area contributed by atoms with E-state index in [4.69, 9.17) is 0 Å². The van der Waals surface area contributed by atoms with E-state index in [0.29, 0.717) is 11.1 Å². The summed E-state index contributed by atoms with van der Waals surface area (Å²) in [5, 5.41) is 0. The summed E-state index contributed by atoms with van der Waals surface area (Å²) in [6.45, 7) is 5.36. The van der Waals surface area contributed by atoms with E-state index in [1.165, 1.54) is 12.1 Å². The zero-order valence-corrected chi connectivity index (χ0v) is 11.7. The van der Waals surface area contributed by atoms with E-state index >= 15 is 0 Å². The minimum atomic E-state index is -3.59. The van der Waals surface area contributed by atoms with Crippen molar-refractivity contribution in [2.24, 2.45) is 5.92 Å². The molecular weight excluding hydrogens is 262 g/mol. The zero-order valence-electron chi connectivity index (χ0n) is 10.8. The predicted molar refractivity (Wildman–Crippen MR) is 73.6 cm³/mol. The standard InChI is InChI=1S/C14H17NO3S/c1-3-8-15-19(17,18)13-9-12(5-4-10(13)2)14(16)11-6-7-11/h3-5,9,11,15H,1,6-8H2,2H3. The van der Waals surface area contributed by atoms with Crippen LogP contribution in [0.2, 0.25) is 0 Å². The van der Waals surface area contributed by atoms with Crippen molar-refractivity contribution in [1.29, 1.82) is 0 Å². The lowest BCUT2D eigenvalue weighted by Gasteiger charge is -2.09. The molecule has 0 saturated heterocycles. The Morgan fingerprint density at radius 2 is 2.16 bits per heavy atom. The van der Waals surface area contributed by atoms with Crippen LogP contribution in [-0.4, -0.2) is 20.7 Å². The predicted octanol–water partition coefficient (Wildman–Crippen LogP) is 2.05. The molecule has 1 N–H and O–H groups in total. The van der Waals surface area contributed by atoms with Gasteiger partial charge < -0.3 is 0 Å². The van der Waals surface area contributed by atoms with E-state index in [-0.39, 0.29) is 23.1 Å². The van der Waals surface area contributed by atoms with Gasteiger partial charge in [-0.2, -0.15) is 0 Å². The van der Waals surface area contributed by atoms with Crippen LogP contribution >= 0.6 is 0 Å². The van der Waals surface area contributed by atoms with Crippen LogP contribution in [0.1, 0.15) is 28.8 Å². The second-order valence-corrected chi connectivity index (χ2v) is 6.49. The molecule has 102 valence electrons. The Morgan fingerprint density at radius 3 is 2.74 bits per heavy atom. The fraction of sp³-hybridized carbons (Fsp3) is 0.357. The van der Waals surface area contributed by atoms with Gasteiger partial charge in [0.05, 0.1) is 4.90 Å². The molecule has 5 heteroatoms. The lowest BCUT2D eigenvalue weighted by molar-refractivity contribution is 0.0967. The summed E-state index contributed by atoms with van der Waals surface area (Å²) >= 11 is 0. The number of hydrogen-bond acceptors (Lipinski definition) is 3. The molecule has 1 aromatic carbocycles. The topological polar surface area (TPSA) is 63.2 Å². The Morgan fingerprint density at radius 1 is 1.47 bits per heavy atom. The van der Waals surface area contributed by atoms with Crippen LogP contribution in [0.4, 0.5) is 0 Å². The van der Waals surface area contributed by atoms with E-state index in [9.17, 15) is 13.2 Å². The van der Waals surface area contributed by atoms with Crippen molar-refractivity contribution in [3.8, 4) is 0 Å². The van der Waals surface area contributed by atoms with Gasteiger partial charge in [0.1, 0.15) is 0 Å². The van der Waals surface area contributed by atoms with Crippen molar-refractivity contribution < 1.29 is 13.2 Å². The molecule has 4 nitrogen and oxygen atoms in total. The number of carbonyl (C=O) groups is 1. The van der Waals surface area contributed by atoms with Gasteiger partial charge in [-0.05, 0) is 31.4 Å². The third kappa shape index (κ3) is 3.11. The van der Waals surface area contributed by atoms with Crippen molar-refractivity contribution in [2.75, 3.05) is 6.54 Å². The van der Waals surface area contributed by atoms with Crippen molar-refractivity contribution in [2.45, 2.75) is 24.7 Å². The van der Waals surface area contributed by atoms with Crippen LogP contribution < -0.4 is 4.72 Å². The SMILES string of the molecule is C=CCNS(=O)(=O)c1cc(C(=O)C2CC2)ccc1C.